The second kappa shape index (κ2) is 10.1. The van der Waals surface area contributed by atoms with Gasteiger partial charge in [0, 0.05) is 43.3 Å². The first kappa shape index (κ1) is 25.1. The van der Waals surface area contributed by atoms with Crippen LogP contribution >= 0.6 is 0 Å². The quantitative estimate of drug-likeness (QED) is 0.344. The van der Waals surface area contributed by atoms with Crippen LogP contribution in [0, 0.1) is 19.7 Å². The topological polar surface area (TPSA) is 133 Å². The summed E-state index contributed by atoms with van der Waals surface area (Å²) in [5, 5.41) is 10.3. The summed E-state index contributed by atoms with van der Waals surface area (Å²) in [7, 11) is 1.80. The first-order chi connectivity index (χ1) is 18.2. The number of carbonyl (C=O) groups excluding carboxylic acids is 1. The van der Waals surface area contributed by atoms with Gasteiger partial charge in [-0.3, -0.25) is 18.8 Å². The first-order valence-electron chi connectivity index (χ1n) is 12.3. The van der Waals surface area contributed by atoms with Crippen LogP contribution in [0.25, 0.3) is 11.3 Å². The molecule has 38 heavy (non-hydrogen) atoms. The van der Waals surface area contributed by atoms with Gasteiger partial charge in [0.25, 0.3) is 5.56 Å². The lowest BCUT2D eigenvalue weighted by atomic mass is 10.1. The molecule has 0 spiro atoms. The Labute approximate surface area is 218 Å². The molecule has 0 saturated carbocycles. The molecule has 1 aliphatic heterocycles. The number of nitrogen functional groups attached to an aromatic ring is 1. The van der Waals surface area contributed by atoms with Crippen LogP contribution in [0.5, 0.6) is 0 Å². The van der Waals surface area contributed by atoms with E-state index in [2.05, 4.69) is 25.7 Å². The summed E-state index contributed by atoms with van der Waals surface area (Å²) in [4.78, 5) is 35.8. The molecule has 1 aromatic carbocycles. The molecule has 0 saturated heterocycles. The third kappa shape index (κ3) is 4.99. The molecule has 0 radical (unpaired) electrons. The van der Waals surface area contributed by atoms with Gasteiger partial charge in [-0.2, -0.15) is 5.10 Å². The second-order valence-corrected chi connectivity index (χ2v) is 9.58. The van der Waals surface area contributed by atoms with E-state index in [4.69, 9.17) is 5.73 Å². The number of aromatic nitrogens is 5. The molecule has 1 aliphatic rings. The number of pyridine rings is 1. The van der Waals surface area contributed by atoms with Gasteiger partial charge < -0.3 is 16.4 Å². The van der Waals surface area contributed by atoms with E-state index in [0.29, 0.717) is 35.6 Å². The number of aryl methyl sites for hydroxylation is 3. The number of halogens is 1. The Kier molecular flexibility index (Phi) is 6.66. The first-order valence-corrected chi connectivity index (χ1v) is 12.3. The zero-order valence-corrected chi connectivity index (χ0v) is 21.5. The lowest BCUT2D eigenvalue weighted by Gasteiger charge is -2.18. The predicted octanol–water partition coefficient (Wildman–Crippen LogP) is 2.79. The molecule has 4 heterocycles. The highest BCUT2D eigenvalue weighted by Crippen LogP contribution is 2.32. The number of fused-ring (bicyclic) bond motifs is 1. The Morgan fingerprint density at radius 2 is 2.00 bits per heavy atom. The third-order valence-electron chi connectivity index (χ3n) is 6.69. The number of anilines is 2. The molecule has 196 valence electrons. The van der Waals surface area contributed by atoms with Gasteiger partial charge in [-0.05, 0) is 61.6 Å². The summed E-state index contributed by atoms with van der Waals surface area (Å²) in [6.07, 6.45) is 4.47. The third-order valence-corrected chi connectivity index (χ3v) is 6.69. The molecule has 0 bridgehead atoms. The lowest BCUT2D eigenvalue weighted by Crippen LogP contribution is -2.36. The summed E-state index contributed by atoms with van der Waals surface area (Å²) in [6.45, 7) is 4.11. The van der Waals surface area contributed by atoms with Gasteiger partial charge >= 0.3 is 0 Å². The fourth-order valence-electron chi connectivity index (χ4n) is 4.88. The number of nitrogens with one attached hydrogen (secondary N) is 2. The monoisotopic (exact) mass is 516 g/mol. The standard InChI is InChI=1S/C27H29FN8O2/c1-15-8-17(10-20(28)9-15)11-30-25-27(38)36-21(24(34-25)19-13-32-35(3)14-19)5-6-22(36)26(37)31-12-18-4-7-23(29)33-16(18)2/h4,7-10,13-14,22H,5-6,11-12H2,1-3H3,(H2,29,33)(H,30,34)(H,31,37). The molecular formula is C27H29FN8O2. The van der Waals surface area contributed by atoms with Crippen molar-refractivity contribution in [3.63, 3.8) is 0 Å². The van der Waals surface area contributed by atoms with Gasteiger partial charge in [0.2, 0.25) is 5.91 Å². The Morgan fingerprint density at radius 3 is 2.71 bits per heavy atom. The maximum absolute atomic E-state index is 13.9. The Bertz CT molecular complexity index is 1570. The van der Waals surface area contributed by atoms with Crippen LogP contribution in [0.1, 0.15) is 40.5 Å². The van der Waals surface area contributed by atoms with Crippen molar-refractivity contribution in [2.75, 3.05) is 11.1 Å². The maximum atomic E-state index is 13.9. The smallest absolute Gasteiger partial charge is 0.294 e. The van der Waals surface area contributed by atoms with Crippen molar-refractivity contribution < 1.29 is 9.18 Å². The van der Waals surface area contributed by atoms with Crippen LogP contribution < -0.4 is 21.9 Å². The van der Waals surface area contributed by atoms with Crippen molar-refractivity contribution in [3.05, 3.63) is 87.0 Å². The summed E-state index contributed by atoms with van der Waals surface area (Å²) in [6, 6.07) is 7.51. The highest BCUT2D eigenvalue weighted by molar-refractivity contribution is 5.81. The number of hydrogen-bond acceptors (Lipinski definition) is 7. The number of amides is 1. The Morgan fingerprint density at radius 1 is 1.18 bits per heavy atom. The van der Waals surface area contributed by atoms with Gasteiger partial charge in [0.05, 0.1) is 11.9 Å². The fourth-order valence-corrected chi connectivity index (χ4v) is 4.88. The van der Waals surface area contributed by atoms with Crippen molar-refractivity contribution in [3.8, 4) is 11.3 Å². The van der Waals surface area contributed by atoms with Crippen LogP contribution in [0.4, 0.5) is 16.0 Å². The van der Waals surface area contributed by atoms with E-state index in [1.165, 1.54) is 16.7 Å². The van der Waals surface area contributed by atoms with Crippen molar-refractivity contribution in [1.29, 1.82) is 0 Å². The van der Waals surface area contributed by atoms with E-state index in [-0.39, 0.29) is 30.6 Å². The second-order valence-electron chi connectivity index (χ2n) is 9.58. The number of benzene rings is 1. The molecule has 1 amide bonds. The van der Waals surface area contributed by atoms with Gasteiger partial charge in [-0.25, -0.2) is 14.4 Å². The molecular weight excluding hydrogens is 487 g/mol. The van der Waals surface area contributed by atoms with Crippen LogP contribution in [-0.2, 0) is 31.4 Å². The predicted molar refractivity (Wildman–Crippen MR) is 142 cm³/mol. The molecule has 0 fully saturated rings. The van der Waals surface area contributed by atoms with Crippen molar-refractivity contribution >= 4 is 17.5 Å². The van der Waals surface area contributed by atoms with E-state index < -0.39 is 11.6 Å². The molecule has 11 heteroatoms. The van der Waals surface area contributed by atoms with Crippen molar-refractivity contribution in [1.82, 2.24) is 29.6 Å². The lowest BCUT2D eigenvalue weighted by molar-refractivity contribution is -0.124. The highest BCUT2D eigenvalue weighted by Gasteiger charge is 2.33. The maximum Gasteiger partial charge on any atom is 0.294 e. The van der Waals surface area contributed by atoms with Gasteiger partial charge in [-0.1, -0.05) is 12.1 Å². The largest absolute Gasteiger partial charge is 0.384 e. The SMILES string of the molecule is Cc1cc(F)cc(CNc2nc(-c3cnn(C)c3)c3n(c2=O)C(C(=O)NCc2ccc(N)nc2C)CC3)c1. The zero-order chi connectivity index (χ0) is 27.0. The van der Waals surface area contributed by atoms with E-state index in [1.807, 2.05) is 25.3 Å². The van der Waals surface area contributed by atoms with E-state index in [1.54, 1.807) is 30.9 Å². The molecule has 5 rings (SSSR count). The van der Waals surface area contributed by atoms with Crippen molar-refractivity contribution in [2.45, 2.75) is 45.8 Å². The molecule has 1 atom stereocenters. The minimum atomic E-state index is -0.699. The van der Waals surface area contributed by atoms with Gasteiger partial charge in [0.15, 0.2) is 5.82 Å². The summed E-state index contributed by atoms with van der Waals surface area (Å²) in [5.74, 6) is -0.109. The van der Waals surface area contributed by atoms with E-state index >= 15 is 0 Å². The Hall–Kier alpha value is -4.54. The average molecular weight is 517 g/mol. The van der Waals surface area contributed by atoms with Gasteiger partial charge in [-0.15, -0.1) is 0 Å². The summed E-state index contributed by atoms with van der Waals surface area (Å²) in [5.41, 5.74) is 10.4. The zero-order valence-electron chi connectivity index (χ0n) is 21.5. The highest BCUT2D eigenvalue weighted by atomic mass is 19.1. The molecule has 4 aromatic rings. The van der Waals surface area contributed by atoms with Crippen LogP contribution in [0.15, 0.2) is 47.5 Å². The van der Waals surface area contributed by atoms with Crippen LogP contribution in [0.3, 0.4) is 0 Å². The van der Waals surface area contributed by atoms with Gasteiger partial charge in [0.1, 0.15) is 17.7 Å². The van der Waals surface area contributed by atoms with Crippen LogP contribution in [-0.4, -0.2) is 30.2 Å². The molecule has 4 N–H and O–H groups in total. The average Bonchev–Trinajstić information content (AvgIpc) is 3.49. The number of nitrogens with two attached hydrogens (primary N) is 1. The number of rotatable bonds is 7. The van der Waals surface area contributed by atoms with Crippen LogP contribution in [0.2, 0.25) is 0 Å². The number of nitrogens with zero attached hydrogens (tertiary/aromatic N) is 5. The number of carbonyl (C=O) groups is 1. The molecule has 0 aliphatic carbocycles. The summed E-state index contributed by atoms with van der Waals surface area (Å²) >= 11 is 0. The van der Waals surface area contributed by atoms with E-state index in [0.717, 1.165) is 22.4 Å². The van der Waals surface area contributed by atoms with Crippen molar-refractivity contribution in [2.24, 2.45) is 7.05 Å². The summed E-state index contributed by atoms with van der Waals surface area (Å²) < 4.78 is 17.1. The van der Waals surface area contributed by atoms with E-state index in [9.17, 15) is 14.0 Å². The molecule has 3 aromatic heterocycles. The minimum absolute atomic E-state index is 0.0906. The minimum Gasteiger partial charge on any atom is -0.384 e. The molecule has 1 unspecified atom stereocenters. The normalized spacial score (nSPS) is 14.4. The number of hydrogen-bond donors (Lipinski definition) is 3. The molecule has 10 nitrogen and oxygen atoms in total. The Balaban J connectivity index is 1.47. The fraction of sp³-hybridized carbons (Fsp3) is 0.296.